The molecule has 0 saturated carbocycles. The van der Waals surface area contributed by atoms with Crippen LogP contribution in [0.3, 0.4) is 0 Å². The van der Waals surface area contributed by atoms with E-state index >= 15 is 0 Å². The molecule has 1 aromatic rings. The van der Waals surface area contributed by atoms with Gasteiger partial charge in [-0.05, 0) is 37.7 Å². The van der Waals surface area contributed by atoms with Crippen LogP contribution in [-0.4, -0.2) is 129 Å². The number of nitrogens with two attached hydrogens (primary N) is 2. The number of aliphatic hydroxyl groups excluding tert-OH is 2. The minimum Gasteiger partial charge on any atom is -0.481 e. The van der Waals surface area contributed by atoms with Crippen LogP contribution in [0.2, 0.25) is 0 Å². The number of aliphatic carboxylic acids is 2. The van der Waals surface area contributed by atoms with E-state index in [2.05, 4.69) is 26.6 Å². The van der Waals surface area contributed by atoms with Gasteiger partial charge in [-0.3, -0.25) is 38.4 Å². The molecule has 0 heterocycles. The topological polar surface area (TPSA) is 359 Å². The van der Waals surface area contributed by atoms with Gasteiger partial charge in [-0.15, -0.1) is 0 Å². The number of amides is 7. The standard InChI is InChI=1S/C33H50N8O13/c1-16(2)11-21(30(50)37-20(9-10-26(45)46)29(49)41-24(15-43)33(53)54)38-31(51)22(13-25(35)44)39-32(52)23(14-42)40-27(47)17(3)36-28(48)19(34)12-18-7-5-4-6-8-18/h4-8,16-17,19-24,42-43H,9-15,34H2,1-3H3,(H2,35,44)(H,36,48)(H,37,50)(H,38,51)(H,39,52)(H,40,47)(H,41,49)(H,45,46)(H,53,54)/t17-,19-,20-,21-,22-,23-,24-/m0/s1. The Labute approximate surface area is 310 Å². The van der Waals surface area contributed by atoms with Crippen molar-refractivity contribution in [3.8, 4) is 0 Å². The van der Waals surface area contributed by atoms with Gasteiger partial charge in [-0.2, -0.15) is 0 Å². The zero-order valence-electron chi connectivity index (χ0n) is 30.1. The molecule has 1 rings (SSSR count). The molecule has 21 nitrogen and oxygen atoms in total. The third-order valence-electron chi connectivity index (χ3n) is 7.66. The molecule has 0 aromatic heterocycles. The van der Waals surface area contributed by atoms with Crippen LogP contribution in [0.5, 0.6) is 0 Å². The Morgan fingerprint density at radius 2 is 1.11 bits per heavy atom. The van der Waals surface area contributed by atoms with Crippen LogP contribution in [0.25, 0.3) is 0 Å². The van der Waals surface area contributed by atoms with Crippen molar-refractivity contribution in [1.29, 1.82) is 0 Å². The van der Waals surface area contributed by atoms with E-state index in [9.17, 15) is 53.4 Å². The van der Waals surface area contributed by atoms with Crippen molar-refractivity contribution in [3.63, 3.8) is 0 Å². The summed E-state index contributed by atoms with van der Waals surface area (Å²) in [5.74, 6) is -10.4. The number of rotatable bonds is 24. The van der Waals surface area contributed by atoms with Crippen LogP contribution in [0.4, 0.5) is 0 Å². The van der Waals surface area contributed by atoms with Crippen molar-refractivity contribution in [2.24, 2.45) is 17.4 Å². The maximum Gasteiger partial charge on any atom is 0.328 e. The Morgan fingerprint density at radius 1 is 0.630 bits per heavy atom. The van der Waals surface area contributed by atoms with E-state index in [1.54, 1.807) is 44.2 Å². The number of hydrogen-bond donors (Lipinski definition) is 12. The van der Waals surface area contributed by atoms with Crippen LogP contribution in [-0.2, 0) is 49.6 Å². The first-order chi connectivity index (χ1) is 25.3. The Bertz CT molecular complexity index is 1490. The fourth-order valence-electron chi connectivity index (χ4n) is 4.76. The molecule has 54 heavy (non-hydrogen) atoms. The predicted octanol–water partition coefficient (Wildman–Crippen LogP) is -4.66. The number of benzene rings is 1. The maximum atomic E-state index is 13.4. The maximum absolute atomic E-state index is 13.4. The van der Waals surface area contributed by atoms with Crippen molar-refractivity contribution < 1.29 is 63.6 Å². The highest BCUT2D eigenvalue weighted by atomic mass is 16.4. The van der Waals surface area contributed by atoms with Gasteiger partial charge in [0.15, 0.2) is 0 Å². The van der Waals surface area contributed by atoms with Crippen LogP contribution in [0, 0.1) is 5.92 Å². The number of aliphatic hydroxyl groups is 2. The summed E-state index contributed by atoms with van der Waals surface area (Å²) in [7, 11) is 0. The minimum absolute atomic E-state index is 0.0928. The molecule has 0 aliphatic carbocycles. The van der Waals surface area contributed by atoms with Gasteiger partial charge < -0.3 is 63.8 Å². The highest BCUT2D eigenvalue weighted by Gasteiger charge is 2.34. The average molecular weight is 767 g/mol. The second-order valence-electron chi connectivity index (χ2n) is 12.8. The van der Waals surface area contributed by atoms with Crippen molar-refractivity contribution in [1.82, 2.24) is 31.9 Å². The largest absolute Gasteiger partial charge is 0.481 e. The molecule has 14 N–H and O–H groups in total. The number of nitrogens with one attached hydrogen (secondary N) is 6. The van der Waals surface area contributed by atoms with Crippen molar-refractivity contribution in [2.75, 3.05) is 13.2 Å². The summed E-state index contributed by atoms with van der Waals surface area (Å²) in [5, 5.41) is 50.8. The van der Waals surface area contributed by atoms with Gasteiger partial charge in [0.1, 0.15) is 36.3 Å². The van der Waals surface area contributed by atoms with Crippen LogP contribution < -0.4 is 43.4 Å². The smallest absolute Gasteiger partial charge is 0.328 e. The lowest BCUT2D eigenvalue weighted by Gasteiger charge is -2.27. The summed E-state index contributed by atoms with van der Waals surface area (Å²) in [5.41, 5.74) is 12.0. The van der Waals surface area contributed by atoms with E-state index in [-0.39, 0.29) is 18.8 Å². The van der Waals surface area contributed by atoms with Crippen LogP contribution in [0.1, 0.15) is 52.0 Å². The first kappa shape index (κ1) is 46.4. The molecule has 7 atom stereocenters. The highest BCUT2D eigenvalue weighted by molar-refractivity contribution is 5.98. The third kappa shape index (κ3) is 16.8. The number of carbonyl (C=O) groups excluding carboxylic acids is 7. The number of carboxylic acids is 2. The molecule has 0 saturated heterocycles. The first-order valence-corrected chi connectivity index (χ1v) is 16.9. The summed E-state index contributed by atoms with van der Waals surface area (Å²) >= 11 is 0. The second-order valence-corrected chi connectivity index (χ2v) is 12.8. The number of primary amides is 1. The molecule has 1 aromatic carbocycles. The van der Waals surface area contributed by atoms with E-state index in [1.807, 2.05) is 5.32 Å². The summed E-state index contributed by atoms with van der Waals surface area (Å²) < 4.78 is 0. The van der Waals surface area contributed by atoms with E-state index < -0.39 is 128 Å². The molecule has 0 aliphatic heterocycles. The van der Waals surface area contributed by atoms with Gasteiger partial charge in [0.05, 0.1) is 25.7 Å². The van der Waals surface area contributed by atoms with Crippen LogP contribution >= 0.6 is 0 Å². The van der Waals surface area contributed by atoms with Gasteiger partial charge in [0.25, 0.3) is 0 Å². The molecule has 0 fully saturated rings. The SMILES string of the molecule is CC(C)C[C@H](NC(=O)[C@H](CC(N)=O)NC(=O)[C@H](CO)NC(=O)[C@H](C)NC(=O)[C@@H](N)Cc1ccccc1)C(=O)N[C@@H](CCC(=O)O)C(=O)N[C@@H](CO)C(=O)O. The van der Waals surface area contributed by atoms with Gasteiger partial charge in [-0.1, -0.05) is 44.2 Å². The fraction of sp³-hybridized carbons (Fsp3) is 0.545. The summed E-state index contributed by atoms with van der Waals surface area (Å²) in [4.78, 5) is 112. The second kappa shape index (κ2) is 23.1. The van der Waals surface area contributed by atoms with Gasteiger partial charge in [0, 0.05) is 6.42 Å². The Kier molecular flexibility index (Phi) is 19.8. The molecular formula is C33H50N8O13. The quantitative estimate of drug-likeness (QED) is 0.0471. The van der Waals surface area contributed by atoms with E-state index in [1.165, 1.54) is 6.92 Å². The zero-order chi connectivity index (χ0) is 41.1. The normalized spacial score (nSPS) is 14.8. The predicted molar refractivity (Wildman–Crippen MR) is 187 cm³/mol. The lowest BCUT2D eigenvalue weighted by atomic mass is 10.0. The Hall–Kier alpha value is -5.67. The number of hydrogen-bond acceptors (Lipinski definition) is 12. The van der Waals surface area contributed by atoms with Crippen molar-refractivity contribution in [2.45, 2.75) is 95.2 Å². The van der Waals surface area contributed by atoms with Gasteiger partial charge >= 0.3 is 11.9 Å². The Morgan fingerprint density at radius 3 is 1.63 bits per heavy atom. The fourth-order valence-corrected chi connectivity index (χ4v) is 4.76. The molecule has 21 heteroatoms. The molecular weight excluding hydrogens is 716 g/mol. The molecule has 0 radical (unpaired) electrons. The third-order valence-corrected chi connectivity index (χ3v) is 7.66. The summed E-state index contributed by atoms with van der Waals surface area (Å²) in [6.07, 6.45) is -1.88. The molecule has 300 valence electrons. The molecule has 0 unspecified atom stereocenters. The van der Waals surface area contributed by atoms with Gasteiger partial charge in [-0.25, -0.2) is 4.79 Å². The van der Waals surface area contributed by atoms with E-state index in [0.29, 0.717) is 0 Å². The molecule has 0 bridgehead atoms. The van der Waals surface area contributed by atoms with Gasteiger partial charge in [0.2, 0.25) is 41.4 Å². The highest BCUT2D eigenvalue weighted by Crippen LogP contribution is 2.09. The lowest BCUT2D eigenvalue weighted by Crippen LogP contribution is -2.60. The Balaban J connectivity index is 3.08. The minimum atomic E-state index is -1.77. The molecule has 0 spiro atoms. The first-order valence-electron chi connectivity index (χ1n) is 16.9. The molecule has 7 amide bonds. The summed E-state index contributed by atoms with van der Waals surface area (Å²) in [6, 6.07) is -1.73. The van der Waals surface area contributed by atoms with Crippen LogP contribution in [0.15, 0.2) is 30.3 Å². The monoisotopic (exact) mass is 766 g/mol. The summed E-state index contributed by atoms with van der Waals surface area (Å²) in [6.45, 7) is 2.62. The number of carboxylic acid groups (broad SMARTS) is 2. The average Bonchev–Trinajstić information content (AvgIpc) is 3.09. The van der Waals surface area contributed by atoms with E-state index in [4.69, 9.17) is 21.7 Å². The molecule has 0 aliphatic rings. The lowest BCUT2D eigenvalue weighted by molar-refractivity contribution is -0.144. The van der Waals surface area contributed by atoms with Crippen molar-refractivity contribution >= 4 is 53.3 Å². The van der Waals surface area contributed by atoms with Crippen molar-refractivity contribution in [3.05, 3.63) is 35.9 Å². The zero-order valence-corrected chi connectivity index (χ0v) is 30.1. The van der Waals surface area contributed by atoms with E-state index in [0.717, 1.165) is 5.56 Å². The number of carbonyl (C=O) groups is 9.